The van der Waals surface area contributed by atoms with Gasteiger partial charge in [-0.15, -0.1) is 0 Å². The first-order chi connectivity index (χ1) is 14.9. The number of rotatable bonds is 3. The van der Waals surface area contributed by atoms with E-state index in [2.05, 4.69) is 32.1 Å². The van der Waals surface area contributed by atoms with E-state index in [9.17, 15) is 9.59 Å². The van der Waals surface area contributed by atoms with Crippen molar-refractivity contribution in [3.05, 3.63) is 53.6 Å². The van der Waals surface area contributed by atoms with Gasteiger partial charge in [-0.3, -0.25) is 4.79 Å². The SMILES string of the molecule is COC(=O)c1ccc2c(c1)OC[C@H](C1(C)C=CC=CC1)N(C(=O)C1(C)CCOCC1)C2. The molecule has 0 spiro atoms. The smallest absolute Gasteiger partial charge is 0.337 e. The molecule has 0 bridgehead atoms. The van der Waals surface area contributed by atoms with Crippen molar-refractivity contribution < 1.29 is 23.8 Å². The van der Waals surface area contributed by atoms with Crippen LogP contribution in [0.3, 0.4) is 0 Å². The maximum Gasteiger partial charge on any atom is 0.337 e. The molecule has 2 aliphatic heterocycles. The van der Waals surface area contributed by atoms with Gasteiger partial charge in [-0.1, -0.05) is 44.2 Å². The number of methoxy groups -OCH3 is 1. The molecule has 1 aliphatic carbocycles. The highest BCUT2D eigenvalue weighted by atomic mass is 16.5. The Morgan fingerprint density at radius 3 is 2.61 bits per heavy atom. The van der Waals surface area contributed by atoms with E-state index in [0.717, 1.165) is 24.8 Å². The molecule has 3 aliphatic rings. The second kappa shape index (κ2) is 8.50. The number of amides is 1. The summed E-state index contributed by atoms with van der Waals surface area (Å²) in [5.74, 6) is 0.389. The second-order valence-corrected chi connectivity index (χ2v) is 9.24. The van der Waals surface area contributed by atoms with Crippen LogP contribution in [-0.4, -0.2) is 49.7 Å². The van der Waals surface area contributed by atoms with Crippen molar-refractivity contribution in [1.82, 2.24) is 4.90 Å². The van der Waals surface area contributed by atoms with Crippen molar-refractivity contribution in [3.63, 3.8) is 0 Å². The molecule has 166 valence electrons. The molecule has 2 atom stereocenters. The fourth-order valence-electron chi connectivity index (χ4n) is 4.75. The van der Waals surface area contributed by atoms with Gasteiger partial charge in [0.1, 0.15) is 12.4 Å². The largest absolute Gasteiger partial charge is 0.491 e. The van der Waals surface area contributed by atoms with E-state index in [0.29, 0.717) is 37.7 Å². The average molecular weight is 426 g/mol. The maximum atomic E-state index is 14.0. The van der Waals surface area contributed by atoms with E-state index < -0.39 is 11.4 Å². The lowest BCUT2D eigenvalue weighted by molar-refractivity contribution is -0.152. The average Bonchev–Trinajstić information content (AvgIpc) is 2.98. The lowest BCUT2D eigenvalue weighted by Crippen LogP contribution is -2.55. The number of allylic oxidation sites excluding steroid dienone is 3. The van der Waals surface area contributed by atoms with Crippen molar-refractivity contribution in [2.75, 3.05) is 26.9 Å². The number of hydrogen-bond donors (Lipinski definition) is 0. The number of fused-ring (bicyclic) bond motifs is 1. The molecule has 0 saturated carbocycles. The number of hydrogen-bond acceptors (Lipinski definition) is 5. The van der Waals surface area contributed by atoms with Crippen LogP contribution in [0.15, 0.2) is 42.5 Å². The molecular weight excluding hydrogens is 394 g/mol. The summed E-state index contributed by atoms with van der Waals surface area (Å²) in [6.45, 7) is 6.27. The predicted molar refractivity (Wildman–Crippen MR) is 117 cm³/mol. The monoisotopic (exact) mass is 425 g/mol. The van der Waals surface area contributed by atoms with Gasteiger partial charge in [0.15, 0.2) is 0 Å². The van der Waals surface area contributed by atoms with Crippen LogP contribution in [0.25, 0.3) is 0 Å². The van der Waals surface area contributed by atoms with Crippen molar-refractivity contribution >= 4 is 11.9 Å². The van der Waals surface area contributed by atoms with Gasteiger partial charge >= 0.3 is 5.97 Å². The molecule has 0 N–H and O–H groups in total. The summed E-state index contributed by atoms with van der Waals surface area (Å²) in [6.07, 6.45) is 10.7. The Morgan fingerprint density at radius 1 is 1.16 bits per heavy atom. The first-order valence-electron chi connectivity index (χ1n) is 10.9. The Balaban J connectivity index is 1.71. The quantitative estimate of drug-likeness (QED) is 0.687. The molecule has 1 fully saturated rings. The molecule has 6 heteroatoms. The van der Waals surface area contributed by atoms with Crippen LogP contribution in [0, 0.1) is 10.8 Å². The number of nitrogens with zero attached hydrogens (tertiary/aromatic N) is 1. The number of esters is 1. The molecule has 0 aromatic heterocycles. The maximum absolute atomic E-state index is 14.0. The summed E-state index contributed by atoms with van der Waals surface area (Å²) in [4.78, 5) is 28.0. The van der Waals surface area contributed by atoms with E-state index >= 15 is 0 Å². The van der Waals surface area contributed by atoms with Crippen molar-refractivity contribution in [1.29, 1.82) is 0 Å². The van der Waals surface area contributed by atoms with Crippen LogP contribution in [0.2, 0.25) is 0 Å². The zero-order valence-corrected chi connectivity index (χ0v) is 18.6. The Morgan fingerprint density at radius 2 is 1.94 bits per heavy atom. The molecule has 0 radical (unpaired) electrons. The third-order valence-corrected chi connectivity index (χ3v) is 7.02. The first kappa shape index (κ1) is 21.6. The number of carbonyl (C=O) groups is 2. The second-order valence-electron chi connectivity index (χ2n) is 9.24. The molecule has 1 amide bonds. The predicted octanol–water partition coefficient (Wildman–Crippen LogP) is 3.90. The molecule has 1 aromatic carbocycles. The summed E-state index contributed by atoms with van der Waals surface area (Å²) in [6, 6.07) is 5.20. The van der Waals surface area contributed by atoms with Crippen LogP contribution in [0.1, 0.15) is 49.0 Å². The fraction of sp³-hybridized carbons (Fsp3) is 0.520. The highest BCUT2D eigenvalue weighted by Gasteiger charge is 2.46. The van der Waals surface area contributed by atoms with Crippen LogP contribution in [0.5, 0.6) is 5.75 Å². The van der Waals surface area contributed by atoms with Crippen LogP contribution >= 0.6 is 0 Å². The Bertz CT molecular complexity index is 914. The Hall–Kier alpha value is -2.60. The fourth-order valence-corrected chi connectivity index (χ4v) is 4.75. The summed E-state index contributed by atoms with van der Waals surface area (Å²) < 4.78 is 16.6. The van der Waals surface area contributed by atoms with Gasteiger partial charge in [0, 0.05) is 30.7 Å². The van der Waals surface area contributed by atoms with Gasteiger partial charge in [0.2, 0.25) is 5.91 Å². The highest BCUT2D eigenvalue weighted by molar-refractivity contribution is 5.90. The van der Waals surface area contributed by atoms with Crippen molar-refractivity contribution in [2.45, 2.75) is 45.7 Å². The van der Waals surface area contributed by atoms with Crippen molar-refractivity contribution in [3.8, 4) is 5.75 Å². The zero-order valence-electron chi connectivity index (χ0n) is 18.6. The first-order valence-corrected chi connectivity index (χ1v) is 10.9. The van der Waals surface area contributed by atoms with Gasteiger partial charge in [0.25, 0.3) is 0 Å². The van der Waals surface area contributed by atoms with Crippen LogP contribution in [-0.2, 0) is 20.8 Å². The molecule has 1 saturated heterocycles. The highest BCUT2D eigenvalue weighted by Crippen LogP contribution is 2.41. The zero-order chi connectivity index (χ0) is 22.1. The minimum atomic E-state index is -0.447. The van der Waals surface area contributed by atoms with Gasteiger partial charge < -0.3 is 19.1 Å². The molecular formula is C25H31NO5. The standard InChI is InChI=1S/C25H31NO5/c1-24(9-5-4-6-10-24)21-17-31-20-15-18(22(27)29-3)7-8-19(20)16-26(21)23(28)25(2)11-13-30-14-12-25/h4-9,15,21H,10-14,16-17H2,1-3H3/t21-,24?/m1/s1. The molecule has 31 heavy (non-hydrogen) atoms. The number of carbonyl (C=O) groups excluding carboxylic acids is 2. The van der Waals surface area contributed by atoms with E-state index in [-0.39, 0.29) is 17.4 Å². The van der Waals surface area contributed by atoms with Crippen molar-refractivity contribution in [2.24, 2.45) is 10.8 Å². The van der Waals surface area contributed by atoms with Gasteiger partial charge in [-0.05, 0) is 31.4 Å². The lowest BCUT2D eigenvalue weighted by Gasteiger charge is -2.45. The third-order valence-electron chi connectivity index (χ3n) is 7.02. The van der Waals surface area contributed by atoms with Crippen LogP contribution < -0.4 is 4.74 Å². The normalized spacial score (nSPS) is 27.1. The molecule has 4 rings (SSSR count). The number of ether oxygens (including phenoxy) is 3. The lowest BCUT2D eigenvalue weighted by atomic mass is 9.74. The topological polar surface area (TPSA) is 65.1 Å². The van der Waals surface area contributed by atoms with Gasteiger partial charge in [0.05, 0.1) is 24.1 Å². The van der Waals surface area contributed by atoms with Gasteiger partial charge in [-0.2, -0.15) is 0 Å². The summed E-state index contributed by atoms with van der Waals surface area (Å²) in [5, 5.41) is 0. The Kier molecular flexibility index (Phi) is 5.93. The minimum Gasteiger partial charge on any atom is -0.491 e. The molecule has 6 nitrogen and oxygen atoms in total. The van der Waals surface area contributed by atoms with E-state index in [1.807, 2.05) is 17.0 Å². The molecule has 2 heterocycles. The van der Waals surface area contributed by atoms with Gasteiger partial charge in [-0.25, -0.2) is 4.79 Å². The Labute approximate surface area is 183 Å². The van der Waals surface area contributed by atoms with Crippen LogP contribution in [0.4, 0.5) is 0 Å². The minimum absolute atomic E-state index is 0.130. The summed E-state index contributed by atoms with van der Waals surface area (Å²) in [5.41, 5.74) is 0.662. The number of benzene rings is 1. The van der Waals surface area contributed by atoms with E-state index in [1.165, 1.54) is 7.11 Å². The van der Waals surface area contributed by atoms with E-state index in [1.54, 1.807) is 12.1 Å². The van der Waals surface area contributed by atoms with E-state index in [4.69, 9.17) is 14.2 Å². The molecule has 1 unspecified atom stereocenters. The summed E-state index contributed by atoms with van der Waals surface area (Å²) in [7, 11) is 1.36. The molecule has 1 aromatic rings. The summed E-state index contributed by atoms with van der Waals surface area (Å²) >= 11 is 0. The third kappa shape index (κ3) is 4.13.